The lowest BCUT2D eigenvalue weighted by molar-refractivity contribution is 0.377. The monoisotopic (exact) mass is 461 g/mol. The van der Waals surface area contributed by atoms with Crippen molar-refractivity contribution in [1.29, 1.82) is 0 Å². The Labute approximate surface area is 180 Å². The molecule has 32 heavy (non-hydrogen) atoms. The number of H-pyrrole nitrogens is 3. The molecule has 0 radical (unpaired) electrons. The van der Waals surface area contributed by atoms with Crippen molar-refractivity contribution in [2.45, 2.75) is 37.6 Å². The molecule has 0 saturated heterocycles. The van der Waals surface area contributed by atoms with Crippen LogP contribution in [0.4, 0.5) is 4.39 Å². The summed E-state index contributed by atoms with van der Waals surface area (Å²) in [5.74, 6) is -2.41. The van der Waals surface area contributed by atoms with Gasteiger partial charge in [-0.3, -0.25) is 0 Å². The first-order valence-corrected chi connectivity index (χ1v) is 11.1. The zero-order valence-corrected chi connectivity index (χ0v) is 18.1. The van der Waals surface area contributed by atoms with Crippen LogP contribution in [0.25, 0.3) is 11.0 Å². The number of halogens is 1. The molecule has 4 N–H and O–H groups in total. The molecular formula is C20H20FN5O5S. The number of benzene rings is 2. The summed E-state index contributed by atoms with van der Waals surface area (Å²) in [6, 6.07) is 5.78. The number of sulfonamides is 1. The van der Waals surface area contributed by atoms with Crippen LogP contribution < -0.4 is 16.2 Å². The Bertz CT molecular complexity index is 1530. The highest BCUT2D eigenvalue weighted by Gasteiger charge is 2.33. The number of aryl methyl sites for hydroxylation is 1. The largest absolute Gasteiger partial charge is 0.434 e. The third-order valence-electron chi connectivity index (χ3n) is 5.49. The lowest BCUT2D eigenvalue weighted by Gasteiger charge is -2.25. The van der Waals surface area contributed by atoms with E-state index >= 15 is 0 Å². The van der Waals surface area contributed by atoms with Crippen molar-refractivity contribution in [3.05, 3.63) is 79.8 Å². The minimum Gasteiger partial charge on any atom is -0.391 e. The quantitative estimate of drug-likeness (QED) is 0.345. The molecular weight excluding hydrogens is 441 g/mol. The Balaban J connectivity index is 1.79. The standard InChI is InChI=1S/C20H20FN5O5S/c1-9-4-6-13(21)16(10(9)2)11(3)17(18-24-25-20(28)31-18)26-32(29,30)12-5-7-14-15(8-12)23-19(27)22-14/h4-8,11,17,26H,1-3H3,(H,25,28)(H2,22,23,27)/t11-,17+/m1/s1. The first-order chi connectivity index (χ1) is 15.1. The van der Waals surface area contributed by atoms with E-state index in [-0.39, 0.29) is 16.3 Å². The summed E-state index contributed by atoms with van der Waals surface area (Å²) in [4.78, 5) is 27.9. The van der Waals surface area contributed by atoms with E-state index in [2.05, 4.69) is 24.9 Å². The summed E-state index contributed by atoms with van der Waals surface area (Å²) < 4.78 is 48.6. The van der Waals surface area contributed by atoms with Gasteiger partial charge in [-0.05, 0) is 54.8 Å². The Morgan fingerprint density at radius 1 is 1.09 bits per heavy atom. The normalized spacial score (nSPS) is 14.0. The van der Waals surface area contributed by atoms with E-state index in [4.69, 9.17) is 4.42 Å². The van der Waals surface area contributed by atoms with Crippen LogP contribution in [0, 0.1) is 19.7 Å². The molecule has 4 rings (SSSR count). The molecule has 12 heteroatoms. The van der Waals surface area contributed by atoms with Gasteiger partial charge in [0, 0.05) is 5.92 Å². The Hall–Kier alpha value is -3.51. The third kappa shape index (κ3) is 3.89. The van der Waals surface area contributed by atoms with Gasteiger partial charge in [-0.25, -0.2) is 27.5 Å². The maximum Gasteiger partial charge on any atom is 0.434 e. The molecule has 2 heterocycles. The summed E-state index contributed by atoms with van der Waals surface area (Å²) in [7, 11) is -4.19. The highest BCUT2D eigenvalue weighted by molar-refractivity contribution is 7.89. The van der Waals surface area contributed by atoms with Gasteiger partial charge in [-0.1, -0.05) is 13.0 Å². The summed E-state index contributed by atoms with van der Waals surface area (Å²) in [6.07, 6.45) is 0. The van der Waals surface area contributed by atoms with Gasteiger partial charge < -0.3 is 14.4 Å². The second-order valence-electron chi connectivity index (χ2n) is 7.53. The average Bonchev–Trinajstić information content (AvgIpc) is 3.33. The lowest BCUT2D eigenvalue weighted by Crippen LogP contribution is -2.33. The van der Waals surface area contributed by atoms with Gasteiger partial charge in [0.25, 0.3) is 0 Å². The second kappa shape index (κ2) is 7.88. The van der Waals surface area contributed by atoms with Crippen LogP contribution in [-0.2, 0) is 10.0 Å². The van der Waals surface area contributed by atoms with Gasteiger partial charge in [-0.15, -0.1) is 5.10 Å². The minimum absolute atomic E-state index is 0.142. The van der Waals surface area contributed by atoms with Crippen molar-refractivity contribution in [3.63, 3.8) is 0 Å². The molecule has 0 aliphatic carbocycles. The van der Waals surface area contributed by atoms with Crippen molar-refractivity contribution in [1.82, 2.24) is 24.9 Å². The van der Waals surface area contributed by atoms with Gasteiger partial charge in [0.15, 0.2) is 0 Å². The fourth-order valence-electron chi connectivity index (χ4n) is 3.68. The number of nitrogens with one attached hydrogen (secondary N) is 4. The van der Waals surface area contributed by atoms with Crippen molar-refractivity contribution in [2.24, 2.45) is 0 Å². The summed E-state index contributed by atoms with van der Waals surface area (Å²) in [5, 5.41) is 5.87. The van der Waals surface area contributed by atoms with E-state index in [1.807, 2.05) is 6.92 Å². The molecule has 0 fully saturated rings. The maximum atomic E-state index is 14.8. The van der Waals surface area contributed by atoms with Crippen molar-refractivity contribution in [2.75, 3.05) is 0 Å². The number of fused-ring (bicyclic) bond motifs is 1. The molecule has 0 saturated carbocycles. The molecule has 0 bridgehead atoms. The predicted octanol–water partition coefficient (Wildman–Crippen LogP) is 2.11. The number of aromatic amines is 3. The van der Waals surface area contributed by atoms with Crippen LogP contribution in [0.15, 0.2) is 49.2 Å². The topological polar surface area (TPSA) is 154 Å². The smallest absolute Gasteiger partial charge is 0.391 e. The Kier molecular flexibility index (Phi) is 5.34. The highest BCUT2D eigenvalue weighted by atomic mass is 32.2. The molecule has 0 aliphatic rings. The van der Waals surface area contributed by atoms with Crippen molar-refractivity contribution in [3.8, 4) is 0 Å². The maximum absolute atomic E-state index is 14.8. The number of hydrogen-bond donors (Lipinski definition) is 4. The molecule has 4 aromatic rings. The second-order valence-corrected chi connectivity index (χ2v) is 9.24. The molecule has 0 unspecified atom stereocenters. The summed E-state index contributed by atoms with van der Waals surface area (Å²) >= 11 is 0. The fraction of sp³-hybridized carbons (Fsp3) is 0.250. The molecule has 10 nitrogen and oxygen atoms in total. The molecule has 168 valence electrons. The van der Waals surface area contributed by atoms with Gasteiger partial charge in [0.2, 0.25) is 15.9 Å². The molecule has 2 aromatic heterocycles. The van der Waals surface area contributed by atoms with E-state index in [0.29, 0.717) is 16.6 Å². The average molecular weight is 461 g/mol. The SMILES string of the molecule is Cc1ccc(F)c([C@@H](C)[C@H](NS(=O)(=O)c2ccc3[nH]c(=O)[nH]c3c2)c2n[nH]c(=O)o2)c1C. The fourth-order valence-corrected chi connectivity index (χ4v) is 4.98. The first-order valence-electron chi connectivity index (χ1n) is 9.62. The third-order valence-corrected chi connectivity index (χ3v) is 6.93. The van der Waals surface area contributed by atoms with Gasteiger partial charge >= 0.3 is 11.4 Å². The zero-order chi connectivity index (χ0) is 23.2. The van der Waals surface area contributed by atoms with E-state index < -0.39 is 39.2 Å². The number of imidazole rings is 1. The lowest BCUT2D eigenvalue weighted by atomic mass is 9.88. The van der Waals surface area contributed by atoms with E-state index in [1.165, 1.54) is 24.3 Å². The van der Waals surface area contributed by atoms with Crippen molar-refractivity contribution < 1.29 is 17.2 Å². The van der Waals surface area contributed by atoms with Gasteiger partial charge in [0.05, 0.1) is 15.9 Å². The van der Waals surface area contributed by atoms with Crippen molar-refractivity contribution >= 4 is 21.1 Å². The van der Waals surface area contributed by atoms with E-state index in [0.717, 1.165) is 5.56 Å². The Morgan fingerprint density at radius 3 is 2.50 bits per heavy atom. The van der Waals surface area contributed by atoms with Gasteiger partial charge in [0.1, 0.15) is 11.9 Å². The van der Waals surface area contributed by atoms with Gasteiger partial charge in [-0.2, -0.15) is 4.72 Å². The Morgan fingerprint density at radius 2 is 1.81 bits per heavy atom. The minimum atomic E-state index is -4.19. The van der Waals surface area contributed by atoms with E-state index in [1.54, 1.807) is 19.9 Å². The molecule has 0 amide bonds. The van der Waals surface area contributed by atoms with Crippen LogP contribution in [0.1, 0.15) is 41.5 Å². The van der Waals surface area contributed by atoms with Crippen LogP contribution in [0.2, 0.25) is 0 Å². The summed E-state index contributed by atoms with van der Waals surface area (Å²) in [6.45, 7) is 5.15. The number of hydrogen-bond acceptors (Lipinski definition) is 6. The van der Waals surface area contributed by atoms with E-state index in [9.17, 15) is 22.4 Å². The molecule has 2 atom stereocenters. The number of aromatic nitrogens is 4. The highest BCUT2D eigenvalue weighted by Crippen LogP contribution is 2.35. The molecule has 2 aromatic carbocycles. The van der Waals surface area contributed by atoms with Crippen LogP contribution in [-0.4, -0.2) is 28.6 Å². The number of nitrogens with zero attached hydrogens (tertiary/aromatic N) is 1. The van der Waals surface area contributed by atoms with Crippen LogP contribution >= 0.6 is 0 Å². The number of rotatable bonds is 6. The summed E-state index contributed by atoms with van der Waals surface area (Å²) in [5.41, 5.74) is 2.00. The first kappa shape index (κ1) is 21.7. The van der Waals surface area contributed by atoms with Crippen LogP contribution in [0.3, 0.4) is 0 Å². The predicted molar refractivity (Wildman–Crippen MR) is 113 cm³/mol. The molecule has 0 aliphatic heterocycles. The molecule has 0 spiro atoms. The zero-order valence-electron chi connectivity index (χ0n) is 17.3. The van der Waals surface area contributed by atoms with Crippen LogP contribution in [0.5, 0.6) is 0 Å².